The lowest BCUT2D eigenvalue weighted by molar-refractivity contribution is 0.0926. The van der Waals surface area contributed by atoms with E-state index in [2.05, 4.69) is 29.0 Å². The van der Waals surface area contributed by atoms with E-state index >= 15 is 0 Å². The Morgan fingerprint density at radius 1 is 1.53 bits per heavy atom. The van der Waals surface area contributed by atoms with Crippen molar-refractivity contribution in [3.8, 4) is 0 Å². The van der Waals surface area contributed by atoms with E-state index in [0.717, 1.165) is 0 Å². The molecule has 0 spiro atoms. The summed E-state index contributed by atoms with van der Waals surface area (Å²) in [6, 6.07) is 0.340. The lowest BCUT2D eigenvalue weighted by Gasteiger charge is -2.28. The second-order valence-corrected chi connectivity index (χ2v) is 4.87. The second-order valence-electron chi connectivity index (χ2n) is 4.87. The average molecular weight is 238 g/mol. The highest BCUT2D eigenvalue weighted by Gasteiger charge is 2.17. The Balaban J connectivity index is 2.56. The molecule has 0 fully saturated rings. The summed E-state index contributed by atoms with van der Waals surface area (Å²) in [7, 11) is 5.87. The predicted molar refractivity (Wildman–Crippen MR) is 67.9 cm³/mol. The van der Waals surface area contributed by atoms with E-state index in [1.165, 1.54) is 0 Å². The van der Waals surface area contributed by atoms with Gasteiger partial charge >= 0.3 is 0 Å². The molecule has 1 N–H and O–H groups in total. The van der Waals surface area contributed by atoms with Gasteiger partial charge in [0.1, 0.15) is 5.69 Å². The maximum absolute atomic E-state index is 11.9. The maximum atomic E-state index is 11.9. The van der Waals surface area contributed by atoms with Crippen LogP contribution in [-0.2, 0) is 7.05 Å². The number of hydrogen-bond donors (Lipinski definition) is 1. The summed E-state index contributed by atoms with van der Waals surface area (Å²) in [5, 5.41) is 2.95. The van der Waals surface area contributed by atoms with Gasteiger partial charge in [-0.3, -0.25) is 4.79 Å². The molecule has 0 aliphatic heterocycles. The summed E-state index contributed by atoms with van der Waals surface area (Å²) in [6.45, 7) is 4.95. The molecule has 1 atom stereocenters. The number of amides is 1. The summed E-state index contributed by atoms with van der Waals surface area (Å²) < 4.78 is 1.72. The third-order valence-electron chi connectivity index (χ3n) is 2.95. The number of hydrogen-bond acceptors (Lipinski definition) is 3. The Morgan fingerprint density at radius 2 is 2.18 bits per heavy atom. The predicted octanol–water partition coefficient (Wildman–Crippen LogP) is 0.736. The highest BCUT2D eigenvalue weighted by atomic mass is 16.1. The Morgan fingerprint density at radius 3 is 2.59 bits per heavy atom. The molecular weight excluding hydrogens is 216 g/mol. The van der Waals surface area contributed by atoms with Crippen LogP contribution in [0.1, 0.15) is 24.3 Å². The van der Waals surface area contributed by atoms with Crippen molar-refractivity contribution in [2.24, 2.45) is 13.0 Å². The van der Waals surface area contributed by atoms with Crippen molar-refractivity contribution in [3.05, 3.63) is 18.2 Å². The Bertz CT molecular complexity index is 362. The minimum Gasteiger partial charge on any atom is -0.349 e. The molecule has 0 radical (unpaired) electrons. The molecule has 1 rings (SSSR count). The first-order valence-electron chi connectivity index (χ1n) is 5.84. The molecule has 0 bridgehead atoms. The molecule has 0 aromatic carbocycles. The largest absolute Gasteiger partial charge is 0.349 e. The van der Waals surface area contributed by atoms with Crippen molar-refractivity contribution in [2.45, 2.75) is 19.9 Å². The van der Waals surface area contributed by atoms with Gasteiger partial charge in [-0.25, -0.2) is 4.98 Å². The van der Waals surface area contributed by atoms with Gasteiger partial charge in [0, 0.05) is 19.6 Å². The van der Waals surface area contributed by atoms with Gasteiger partial charge in [-0.2, -0.15) is 0 Å². The fraction of sp³-hybridized carbons (Fsp3) is 0.667. The number of likely N-dealkylation sites (N-methyl/N-ethyl adjacent to an activating group) is 1. The molecule has 0 saturated heterocycles. The fourth-order valence-corrected chi connectivity index (χ4v) is 1.88. The summed E-state index contributed by atoms with van der Waals surface area (Å²) in [6.07, 6.45) is 3.20. The van der Waals surface area contributed by atoms with Crippen LogP contribution >= 0.6 is 0 Å². The second kappa shape index (κ2) is 5.82. The third-order valence-corrected chi connectivity index (χ3v) is 2.95. The number of carbonyl (C=O) groups is 1. The van der Waals surface area contributed by atoms with Gasteiger partial charge in [-0.1, -0.05) is 13.8 Å². The van der Waals surface area contributed by atoms with Crippen LogP contribution in [0.5, 0.6) is 0 Å². The molecule has 1 aromatic heterocycles. The highest BCUT2D eigenvalue weighted by molar-refractivity contribution is 5.92. The first-order chi connectivity index (χ1) is 7.93. The van der Waals surface area contributed by atoms with E-state index in [-0.39, 0.29) is 5.91 Å². The SMILES string of the molecule is CC(C)[C@@H](CNC(=O)c1cncn1C)N(C)C. The van der Waals surface area contributed by atoms with Crippen LogP contribution in [-0.4, -0.2) is 47.0 Å². The number of nitrogens with zero attached hydrogens (tertiary/aromatic N) is 3. The molecule has 17 heavy (non-hydrogen) atoms. The Hall–Kier alpha value is -1.36. The number of imidazole rings is 1. The standard InChI is InChI=1S/C12H22N4O/c1-9(2)10(15(3)4)7-14-12(17)11-6-13-8-16(11)5/h6,8-10H,7H2,1-5H3,(H,14,17)/t10-/m1/s1. The fourth-order valence-electron chi connectivity index (χ4n) is 1.88. The molecule has 0 unspecified atom stereocenters. The topological polar surface area (TPSA) is 50.2 Å². The van der Waals surface area contributed by atoms with E-state index in [1.54, 1.807) is 17.1 Å². The quantitative estimate of drug-likeness (QED) is 0.823. The Labute approximate surface area is 103 Å². The molecular formula is C12H22N4O. The summed E-state index contributed by atoms with van der Waals surface area (Å²) in [5.41, 5.74) is 0.589. The molecule has 5 heteroatoms. The van der Waals surface area contributed by atoms with Crippen LogP contribution < -0.4 is 5.32 Å². The van der Waals surface area contributed by atoms with E-state index in [4.69, 9.17) is 0 Å². The van der Waals surface area contributed by atoms with Crippen molar-refractivity contribution < 1.29 is 4.79 Å². The third kappa shape index (κ3) is 3.56. The van der Waals surface area contributed by atoms with Gasteiger partial charge in [0.2, 0.25) is 0 Å². The van der Waals surface area contributed by atoms with Crippen molar-refractivity contribution in [3.63, 3.8) is 0 Å². The zero-order chi connectivity index (χ0) is 13.0. The molecule has 96 valence electrons. The number of nitrogens with one attached hydrogen (secondary N) is 1. The van der Waals surface area contributed by atoms with Crippen LogP contribution in [0.25, 0.3) is 0 Å². The molecule has 0 aliphatic carbocycles. The zero-order valence-corrected chi connectivity index (χ0v) is 11.3. The number of aromatic nitrogens is 2. The minimum absolute atomic E-state index is 0.0718. The molecule has 0 aliphatic rings. The first-order valence-corrected chi connectivity index (χ1v) is 5.84. The first kappa shape index (κ1) is 13.7. The summed E-state index contributed by atoms with van der Waals surface area (Å²) in [4.78, 5) is 18.0. The van der Waals surface area contributed by atoms with Gasteiger partial charge < -0.3 is 14.8 Å². The van der Waals surface area contributed by atoms with Crippen LogP contribution in [0, 0.1) is 5.92 Å². The van der Waals surface area contributed by atoms with Gasteiger partial charge in [-0.15, -0.1) is 0 Å². The summed E-state index contributed by atoms with van der Waals surface area (Å²) in [5.74, 6) is 0.425. The average Bonchev–Trinajstić information content (AvgIpc) is 2.63. The monoisotopic (exact) mass is 238 g/mol. The molecule has 1 heterocycles. The smallest absolute Gasteiger partial charge is 0.269 e. The highest BCUT2D eigenvalue weighted by Crippen LogP contribution is 2.06. The van der Waals surface area contributed by atoms with E-state index in [0.29, 0.717) is 24.2 Å². The van der Waals surface area contributed by atoms with Crippen LogP contribution in [0.15, 0.2) is 12.5 Å². The van der Waals surface area contributed by atoms with Crippen molar-refractivity contribution in [1.82, 2.24) is 19.8 Å². The number of carbonyl (C=O) groups excluding carboxylic acids is 1. The number of rotatable bonds is 5. The van der Waals surface area contributed by atoms with E-state index < -0.39 is 0 Å². The zero-order valence-electron chi connectivity index (χ0n) is 11.3. The van der Waals surface area contributed by atoms with Crippen molar-refractivity contribution in [1.29, 1.82) is 0 Å². The summed E-state index contributed by atoms with van der Waals surface area (Å²) >= 11 is 0. The maximum Gasteiger partial charge on any atom is 0.269 e. The van der Waals surface area contributed by atoms with Crippen LogP contribution in [0.3, 0.4) is 0 Å². The molecule has 1 amide bonds. The Kier molecular flexibility index (Phi) is 4.69. The van der Waals surface area contributed by atoms with E-state index in [1.807, 2.05) is 21.1 Å². The minimum atomic E-state index is -0.0718. The molecule has 5 nitrogen and oxygen atoms in total. The molecule has 1 aromatic rings. The van der Waals surface area contributed by atoms with Crippen molar-refractivity contribution >= 4 is 5.91 Å². The van der Waals surface area contributed by atoms with Gasteiger partial charge in [0.25, 0.3) is 5.91 Å². The van der Waals surface area contributed by atoms with Crippen LogP contribution in [0.4, 0.5) is 0 Å². The van der Waals surface area contributed by atoms with Gasteiger partial charge in [0.05, 0.1) is 12.5 Å². The van der Waals surface area contributed by atoms with E-state index in [9.17, 15) is 4.79 Å². The normalized spacial score (nSPS) is 13.1. The molecule has 0 saturated carbocycles. The van der Waals surface area contributed by atoms with Gasteiger partial charge in [-0.05, 0) is 20.0 Å². The lowest BCUT2D eigenvalue weighted by Crippen LogP contribution is -2.43. The number of aryl methyl sites for hydroxylation is 1. The lowest BCUT2D eigenvalue weighted by atomic mass is 10.0. The van der Waals surface area contributed by atoms with Crippen LogP contribution in [0.2, 0.25) is 0 Å². The van der Waals surface area contributed by atoms with Crippen molar-refractivity contribution in [2.75, 3.05) is 20.6 Å². The van der Waals surface area contributed by atoms with Gasteiger partial charge in [0.15, 0.2) is 0 Å².